The lowest BCUT2D eigenvalue weighted by atomic mass is 10.2. The number of hydrogen-bond donors (Lipinski definition) is 2. The van der Waals surface area contributed by atoms with Gasteiger partial charge in [0.1, 0.15) is 11.6 Å². The summed E-state index contributed by atoms with van der Waals surface area (Å²) in [6, 6.07) is 2.98. The SMILES string of the molecule is CSCCC(NS(=O)(=O)c1ccc(Cl)c(Cl)c1)C(=O)Nc1nncs1. The van der Waals surface area contributed by atoms with Crippen LogP contribution in [0.3, 0.4) is 0 Å². The standard InChI is InChI=1S/C13H14Cl2N4O3S3/c1-23-5-4-11(12(20)17-13-18-16-7-24-13)19-25(21,22)8-2-3-9(14)10(15)6-8/h2-3,6-7,11,19H,4-5H2,1H3,(H,17,18,20). The summed E-state index contributed by atoms with van der Waals surface area (Å²) in [7, 11) is -3.95. The smallest absolute Gasteiger partial charge is 0.244 e. The number of benzene rings is 1. The summed E-state index contributed by atoms with van der Waals surface area (Å²) < 4.78 is 27.5. The molecule has 1 aromatic carbocycles. The van der Waals surface area contributed by atoms with Crippen LogP contribution in [0.4, 0.5) is 5.13 Å². The minimum atomic E-state index is -3.95. The molecule has 1 atom stereocenters. The Kier molecular flexibility index (Phi) is 7.47. The van der Waals surface area contributed by atoms with Gasteiger partial charge in [-0.25, -0.2) is 8.42 Å². The number of thioether (sulfide) groups is 1. The summed E-state index contributed by atoms with van der Waals surface area (Å²) >= 11 is 14.3. The topological polar surface area (TPSA) is 101 Å². The molecule has 0 bridgehead atoms. The summed E-state index contributed by atoms with van der Waals surface area (Å²) in [5, 5.41) is 10.5. The molecule has 0 saturated heterocycles. The fourth-order valence-electron chi connectivity index (χ4n) is 1.80. The summed E-state index contributed by atoms with van der Waals surface area (Å²) in [5.74, 6) is 0.0902. The highest BCUT2D eigenvalue weighted by Crippen LogP contribution is 2.25. The number of halogens is 2. The van der Waals surface area contributed by atoms with Gasteiger partial charge in [-0.3, -0.25) is 10.1 Å². The van der Waals surface area contributed by atoms with Crippen molar-refractivity contribution in [2.24, 2.45) is 0 Å². The van der Waals surface area contributed by atoms with Gasteiger partial charge in [0.15, 0.2) is 0 Å². The minimum Gasteiger partial charge on any atom is -0.299 e. The van der Waals surface area contributed by atoms with Gasteiger partial charge >= 0.3 is 0 Å². The van der Waals surface area contributed by atoms with E-state index >= 15 is 0 Å². The van der Waals surface area contributed by atoms with E-state index in [2.05, 4.69) is 20.2 Å². The van der Waals surface area contributed by atoms with Crippen molar-refractivity contribution in [1.29, 1.82) is 0 Å². The Morgan fingerprint density at radius 1 is 1.36 bits per heavy atom. The minimum absolute atomic E-state index is 0.0697. The van der Waals surface area contributed by atoms with Crippen molar-refractivity contribution in [2.75, 3.05) is 17.3 Å². The molecular formula is C13H14Cl2N4O3S3. The molecule has 2 rings (SSSR count). The van der Waals surface area contributed by atoms with E-state index in [-0.39, 0.29) is 14.9 Å². The quantitative estimate of drug-likeness (QED) is 0.654. The van der Waals surface area contributed by atoms with Gasteiger partial charge in [-0.15, -0.1) is 10.2 Å². The molecule has 25 heavy (non-hydrogen) atoms. The van der Waals surface area contributed by atoms with Crippen molar-refractivity contribution in [3.8, 4) is 0 Å². The van der Waals surface area contributed by atoms with E-state index in [9.17, 15) is 13.2 Å². The molecule has 0 aliphatic carbocycles. The maximum absolute atomic E-state index is 12.6. The molecule has 0 fully saturated rings. The number of aromatic nitrogens is 2. The fourth-order valence-corrected chi connectivity index (χ4v) is 4.34. The van der Waals surface area contributed by atoms with Crippen molar-refractivity contribution < 1.29 is 13.2 Å². The van der Waals surface area contributed by atoms with Crippen LogP contribution < -0.4 is 10.0 Å². The second-order valence-corrected chi connectivity index (χ2v) is 9.11. The van der Waals surface area contributed by atoms with Gasteiger partial charge in [-0.2, -0.15) is 16.5 Å². The highest BCUT2D eigenvalue weighted by molar-refractivity contribution is 7.98. The second-order valence-electron chi connectivity index (χ2n) is 4.76. The van der Waals surface area contributed by atoms with Crippen molar-refractivity contribution in [2.45, 2.75) is 17.4 Å². The lowest BCUT2D eigenvalue weighted by Crippen LogP contribution is -2.44. The zero-order chi connectivity index (χ0) is 18.4. The van der Waals surface area contributed by atoms with Crippen LogP contribution in [0.5, 0.6) is 0 Å². The Morgan fingerprint density at radius 2 is 2.12 bits per heavy atom. The van der Waals surface area contributed by atoms with E-state index in [1.54, 1.807) is 0 Å². The zero-order valence-corrected chi connectivity index (χ0v) is 16.9. The first-order chi connectivity index (χ1) is 11.8. The number of nitrogens with one attached hydrogen (secondary N) is 2. The van der Waals surface area contributed by atoms with Gasteiger partial charge in [0.05, 0.1) is 14.9 Å². The van der Waals surface area contributed by atoms with Gasteiger partial charge < -0.3 is 0 Å². The second kappa shape index (κ2) is 9.15. The van der Waals surface area contributed by atoms with E-state index < -0.39 is 22.0 Å². The maximum Gasteiger partial charge on any atom is 0.244 e. The Labute approximate surface area is 163 Å². The van der Waals surface area contributed by atoms with Gasteiger partial charge in [0.25, 0.3) is 0 Å². The predicted octanol–water partition coefficient (Wildman–Crippen LogP) is 2.88. The fraction of sp³-hybridized carbons (Fsp3) is 0.308. The van der Waals surface area contributed by atoms with Crippen molar-refractivity contribution >= 4 is 67.4 Å². The molecule has 0 aliphatic rings. The van der Waals surface area contributed by atoms with Crippen molar-refractivity contribution in [3.05, 3.63) is 33.8 Å². The first-order valence-corrected chi connectivity index (χ1v) is 11.4. The number of sulfonamides is 1. The van der Waals surface area contributed by atoms with Crippen molar-refractivity contribution in [1.82, 2.24) is 14.9 Å². The molecule has 0 radical (unpaired) electrons. The number of hydrogen-bond acceptors (Lipinski definition) is 7. The van der Waals surface area contributed by atoms with E-state index in [0.717, 1.165) is 11.3 Å². The van der Waals surface area contributed by atoms with Gasteiger partial charge in [-0.1, -0.05) is 34.5 Å². The van der Waals surface area contributed by atoms with Crippen LogP contribution in [-0.4, -0.2) is 42.6 Å². The molecule has 0 aliphatic heterocycles. The zero-order valence-electron chi connectivity index (χ0n) is 12.9. The van der Waals surface area contributed by atoms with Gasteiger partial charge in [0.2, 0.25) is 21.1 Å². The highest BCUT2D eigenvalue weighted by Gasteiger charge is 2.26. The third-order valence-corrected chi connectivity index (χ3v) is 6.48. The van der Waals surface area contributed by atoms with Crippen LogP contribution in [0.25, 0.3) is 0 Å². The monoisotopic (exact) mass is 440 g/mol. The summed E-state index contributed by atoms with van der Waals surface area (Å²) in [6.45, 7) is 0. The Morgan fingerprint density at radius 3 is 2.72 bits per heavy atom. The largest absolute Gasteiger partial charge is 0.299 e. The Balaban J connectivity index is 2.19. The number of nitrogens with zero attached hydrogens (tertiary/aromatic N) is 2. The Bertz CT molecular complexity index is 831. The Hall–Kier alpha value is -0.910. The lowest BCUT2D eigenvalue weighted by molar-refractivity contribution is -0.117. The number of carbonyl (C=O) groups excluding carboxylic acids is 1. The molecule has 1 unspecified atom stereocenters. The number of amides is 1. The van der Waals surface area contributed by atoms with E-state index in [1.807, 2.05) is 6.26 Å². The van der Waals surface area contributed by atoms with Crippen LogP contribution in [0, 0.1) is 0 Å². The maximum atomic E-state index is 12.6. The predicted molar refractivity (Wildman–Crippen MR) is 102 cm³/mol. The van der Waals surface area contributed by atoms with Crippen LogP contribution >= 0.6 is 46.3 Å². The summed E-state index contributed by atoms with van der Waals surface area (Å²) in [5.41, 5.74) is 1.46. The molecule has 12 heteroatoms. The number of anilines is 1. The average molecular weight is 441 g/mol. The summed E-state index contributed by atoms with van der Waals surface area (Å²) in [4.78, 5) is 12.3. The molecule has 1 amide bonds. The van der Waals surface area contributed by atoms with Crippen molar-refractivity contribution in [3.63, 3.8) is 0 Å². The molecular weight excluding hydrogens is 427 g/mol. The molecule has 2 aromatic rings. The summed E-state index contributed by atoms with van der Waals surface area (Å²) in [6.07, 6.45) is 2.18. The van der Waals surface area contributed by atoms with E-state index in [1.165, 1.54) is 35.5 Å². The third kappa shape index (κ3) is 5.80. The van der Waals surface area contributed by atoms with E-state index in [0.29, 0.717) is 17.3 Å². The molecule has 0 saturated carbocycles. The van der Waals surface area contributed by atoms with Gasteiger partial charge in [-0.05, 0) is 36.6 Å². The van der Waals surface area contributed by atoms with Crippen LogP contribution in [0.15, 0.2) is 28.6 Å². The van der Waals surface area contributed by atoms with Crippen LogP contribution in [0.1, 0.15) is 6.42 Å². The van der Waals surface area contributed by atoms with Gasteiger partial charge in [0, 0.05) is 0 Å². The lowest BCUT2D eigenvalue weighted by Gasteiger charge is -2.17. The van der Waals surface area contributed by atoms with Crippen LogP contribution in [0.2, 0.25) is 10.0 Å². The number of rotatable bonds is 8. The normalized spacial score (nSPS) is 12.8. The molecule has 136 valence electrons. The first-order valence-electron chi connectivity index (χ1n) is 6.87. The molecule has 7 nitrogen and oxygen atoms in total. The molecule has 1 aromatic heterocycles. The molecule has 2 N–H and O–H groups in total. The molecule has 1 heterocycles. The number of carbonyl (C=O) groups is 1. The molecule has 0 spiro atoms. The first kappa shape index (κ1) is 20.4. The van der Waals surface area contributed by atoms with E-state index in [4.69, 9.17) is 23.2 Å². The third-order valence-electron chi connectivity index (χ3n) is 3.02. The average Bonchev–Trinajstić information content (AvgIpc) is 3.06. The van der Waals surface area contributed by atoms with Crippen LogP contribution in [-0.2, 0) is 14.8 Å². The highest BCUT2D eigenvalue weighted by atomic mass is 35.5.